The molecule has 3 rings (SSSR count). The molecule has 12 heteroatoms. The number of benzene rings is 2. The Morgan fingerprint density at radius 2 is 1.64 bits per heavy atom. The number of carbonyl (C=O) groups is 1. The van der Waals surface area contributed by atoms with E-state index in [1.165, 1.54) is 19.1 Å². The van der Waals surface area contributed by atoms with Crippen LogP contribution >= 0.6 is 46.1 Å². The molecule has 2 aromatic carbocycles. The van der Waals surface area contributed by atoms with Gasteiger partial charge in [-0.2, -0.15) is 0 Å². The third-order valence-corrected chi connectivity index (χ3v) is 6.83. The highest BCUT2D eigenvalue weighted by Gasteiger charge is 2.24. The Bertz CT molecular complexity index is 1130. The minimum Gasteiger partial charge on any atom is -0.326 e. The summed E-state index contributed by atoms with van der Waals surface area (Å²) in [4.78, 5) is 10.8. The first-order valence-corrected chi connectivity index (χ1v) is 11.0. The normalized spacial score (nSPS) is 11.3. The Labute approximate surface area is 179 Å². The van der Waals surface area contributed by atoms with Crippen LogP contribution in [0.3, 0.4) is 0 Å². The SMILES string of the molecule is CC(=O)Nc1ccc(-c2nnc(NS(=O)(=O)c3c(Cl)cc(Cl)cc3Cl)s2)cc1. The first-order valence-electron chi connectivity index (χ1n) is 7.54. The van der Waals surface area contributed by atoms with Crippen LogP contribution in [0.2, 0.25) is 15.1 Å². The molecular weight excluding hydrogens is 467 g/mol. The van der Waals surface area contributed by atoms with E-state index in [0.29, 0.717) is 16.3 Å². The maximum Gasteiger partial charge on any atom is 0.266 e. The Morgan fingerprint density at radius 3 is 2.21 bits per heavy atom. The third kappa shape index (κ3) is 4.73. The van der Waals surface area contributed by atoms with E-state index in [4.69, 9.17) is 34.8 Å². The Morgan fingerprint density at radius 1 is 1.04 bits per heavy atom. The molecule has 1 aromatic heterocycles. The third-order valence-electron chi connectivity index (χ3n) is 3.33. The molecule has 0 radical (unpaired) electrons. The van der Waals surface area contributed by atoms with Gasteiger partial charge in [-0.3, -0.25) is 9.52 Å². The Balaban J connectivity index is 1.84. The van der Waals surface area contributed by atoms with E-state index in [1.807, 2.05) is 0 Å². The number of amides is 1. The summed E-state index contributed by atoms with van der Waals surface area (Å²) in [5.41, 5.74) is 1.34. The summed E-state index contributed by atoms with van der Waals surface area (Å²) in [7, 11) is -4.09. The van der Waals surface area contributed by atoms with Crippen molar-refractivity contribution < 1.29 is 13.2 Å². The molecule has 0 atom stereocenters. The number of rotatable bonds is 5. The van der Waals surface area contributed by atoms with Crippen molar-refractivity contribution in [3.8, 4) is 10.6 Å². The van der Waals surface area contributed by atoms with Gasteiger partial charge in [0.1, 0.15) is 9.90 Å². The summed E-state index contributed by atoms with van der Waals surface area (Å²) in [5.74, 6) is -0.181. The van der Waals surface area contributed by atoms with Gasteiger partial charge in [-0.05, 0) is 36.4 Å². The van der Waals surface area contributed by atoms with Gasteiger partial charge in [-0.15, -0.1) is 10.2 Å². The molecule has 0 saturated carbocycles. The van der Waals surface area contributed by atoms with Crippen molar-refractivity contribution in [2.45, 2.75) is 11.8 Å². The van der Waals surface area contributed by atoms with Crippen LogP contribution < -0.4 is 10.0 Å². The Hall–Kier alpha value is -1.91. The quantitative estimate of drug-likeness (QED) is 0.543. The van der Waals surface area contributed by atoms with Crippen LogP contribution in [0.25, 0.3) is 10.6 Å². The van der Waals surface area contributed by atoms with Gasteiger partial charge in [0, 0.05) is 23.2 Å². The first kappa shape index (κ1) is 20.8. The topological polar surface area (TPSA) is 101 Å². The largest absolute Gasteiger partial charge is 0.326 e. The molecule has 0 aliphatic rings. The number of hydrogen-bond acceptors (Lipinski definition) is 6. The molecule has 0 unspecified atom stereocenters. The molecule has 0 bridgehead atoms. The van der Waals surface area contributed by atoms with Crippen LogP contribution in [0, 0.1) is 0 Å². The number of halogens is 3. The highest BCUT2D eigenvalue weighted by atomic mass is 35.5. The molecule has 0 fully saturated rings. The molecule has 0 aliphatic heterocycles. The van der Waals surface area contributed by atoms with Gasteiger partial charge in [0.15, 0.2) is 0 Å². The van der Waals surface area contributed by atoms with Crippen LogP contribution in [-0.2, 0) is 14.8 Å². The van der Waals surface area contributed by atoms with E-state index in [0.717, 1.165) is 11.3 Å². The molecule has 2 N–H and O–H groups in total. The predicted molar refractivity (Wildman–Crippen MR) is 112 cm³/mol. The van der Waals surface area contributed by atoms with Crippen molar-refractivity contribution >= 4 is 72.9 Å². The summed E-state index contributed by atoms with van der Waals surface area (Å²) in [6, 6.07) is 9.44. The van der Waals surface area contributed by atoms with Crippen molar-refractivity contribution in [1.82, 2.24) is 10.2 Å². The van der Waals surface area contributed by atoms with Crippen molar-refractivity contribution in [3.05, 3.63) is 51.5 Å². The second-order valence-corrected chi connectivity index (χ2v) is 9.32. The number of hydrogen-bond donors (Lipinski definition) is 2. The lowest BCUT2D eigenvalue weighted by atomic mass is 10.2. The highest BCUT2D eigenvalue weighted by Crippen LogP contribution is 2.35. The zero-order chi connectivity index (χ0) is 20.5. The monoisotopic (exact) mass is 476 g/mol. The van der Waals surface area contributed by atoms with E-state index in [-0.39, 0.29) is 31.0 Å². The molecule has 0 aliphatic carbocycles. The number of nitrogens with zero attached hydrogens (tertiary/aromatic N) is 2. The molecule has 146 valence electrons. The molecule has 3 aromatic rings. The maximum absolute atomic E-state index is 12.6. The second kappa shape index (κ2) is 8.22. The fourth-order valence-electron chi connectivity index (χ4n) is 2.23. The number of carbonyl (C=O) groups excluding carboxylic acids is 1. The standard InChI is InChI=1S/C16H11Cl3N4O3S2/c1-8(24)20-11-4-2-9(3-5-11)15-21-22-16(27-15)23-28(25,26)14-12(18)6-10(17)7-13(14)19/h2-7H,1H3,(H,20,24)(H,22,23). The van der Waals surface area contributed by atoms with Gasteiger partial charge in [-0.25, -0.2) is 8.42 Å². The van der Waals surface area contributed by atoms with Crippen molar-refractivity contribution in [2.24, 2.45) is 0 Å². The van der Waals surface area contributed by atoms with Crippen LogP contribution in [-0.4, -0.2) is 24.5 Å². The fourth-order valence-corrected chi connectivity index (χ4v) is 5.76. The predicted octanol–water partition coefficient (Wildman–Crippen LogP) is 4.92. The van der Waals surface area contributed by atoms with E-state index in [1.54, 1.807) is 24.3 Å². The summed E-state index contributed by atoms with van der Waals surface area (Å²) in [6.07, 6.45) is 0. The van der Waals surface area contributed by atoms with Crippen LogP contribution in [0.1, 0.15) is 6.92 Å². The smallest absolute Gasteiger partial charge is 0.266 e. The summed E-state index contributed by atoms with van der Waals surface area (Å²) >= 11 is 18.8. The van der Waals surface area contributed by atoms with Crippen molar-refractivity contribution in [2.75, 3.05) is 10.0 Å². The van der Waals surface area contributed by atoms with Gasteiger partial charge in [-0.1, -0.05) is 46.1 Å². The van der Waals surface area contributed by atoms with Gasteiger partial charge >= 0.3 is 0 Å². The summed E-state index contributed by atoms with van der Waals surface area (Å²) < 4.78 is 27.6. The van der Waals surface area contributed by atoms with Crippen LogP contribution in [0.15, 0.2) is 41.3 Å². The molecular formula is C16H11Cl3N4O3S2. The van der Waals surface area contributed by atoms with Gasteiger partial charge in [0.2, 0.25) is 11.0 Å². The van der Waals surface area contributed by atoms with Gasteiger partial charge in [0.05, 0.1) is 10.0 Å². The fraction of sp³-hybridized carbons (Fsp3) is 0.0625. The van der Waals surface area contributed by atoms with Crippen molar-refractivity contribution in [1.29, 1.82) is 0 Å². The van der Waals surface area contributed by atoms with E-state index < -0.39 is 10.0 Å². The number of aromatic nitrogens is 2. The first-order chi connectivity index (χ1) is 13.2. The lowest BCUT2D eigenvalue weighted by Gasteiger charge is -2.09. The van der Waals surface area contributed by atoms with Crippen molar-refractivity contribution in [3.63, 3.8) is 0 Å². The Kier molecular flexibility index (Phi) is 6.11. The van der Waals surface area contributed by atoms with Crippen LogP contribution in [0.5, 0.6) is 0 Å². The minimum absolute atomic E-state index is 0.0445. The molecule has 1 heterocycles. The lowest BCUT2D eigenvalue weighted by Crippen LogP contribution is -2.14. The van der Waals surface area contributed by atoms with Gasteiger partial charge in [0.25, 0.3) is 10.0 Å². The molecule has 28 heavy (non-hydrogen) atoms. The van der Waals surface area contributed by atoms with E-state index >= 15 is 0 Å². The minimum atomic E-state index is -4.09. The number of nitrogens with one attached hydrogen (secondary N) is 2. The molecule has 0 spiro atoms. The maximum atomic E-state index is 12.6. The molecule has 7 nitrogen and oxygen atoms in total. The highest BCUT2D eigenvalue weighted by molar-refractivity contribution is 7.93. The second-order valence-electron chi connectivity index (χ2n) is 5.47. The number of anilines is 2. The lowest BCUT2D eigenvalue weighted by molar-refractivity contribution is -0.114. The van der Waals surface area contributed by atoms with E-state index in [9.17, 15) is 13.2 Å². The average molecular weight is 478 g/mol. The zero-order valence-electron chi connectivity index (χ0n) is 14.0. The summed E-state index contributed by atoms with van der Waals surface area (Å²) in [6.45, 7) is 1.41. The molecule has 0 saturated heterocycles. The van der Waals surface area contributed by atoms with Crippen LogP contribution in [0.4, 0.5) is 10.8 Å². The van der Waals surface area contributed by atoms with Gasteiger partial charge < -0.3 is 5.32 Å². The zero-order valence-corrected chi connectivity index (χ0v) is 17.9. The number of sulfonamides is 1. The summed E-state index contributed by atoms with van der Waals surface area (Å²) in [5, 5.41) is 11.0. The molecule has 1 amide bonds. The average Bonchev–Trinajstić information content (AvgIpc) is 3.01. The van der Waals surface area contributed by atoms with E-state index in [2.05, 4.69) is 20.2 Å².